The molecule has 2 aliphatic heterocycles. The van der Waals surface area contributed by atoms with Gasteiger partial charge in [-0.15, -0.1) is 11.6 Å². The van der Waals surface area contributed by atoms with Gasteiger partial charge in [0.2, 0.25) is 0 Å². The van der Waals surface area contributed by atoms with Gasteiger partial charge in [-0.2, -0.15) is 13.2 Å². The van der Waals surface area contributed by atoms with E-state index in [1.807, 2.05) is 4.90 Å². The van der Waals surface area contributed by atoms with Crippen LogP contribution in [0.1, 0.15) is 31.2 Å². The lowest BCUT2D eigenvalue weighted by Gasteiger charge is -2.39. The van der Waals surface area contributed by atoms with Crippen LogP contribution in [0.2, 0.25) is 0 Å². The number of fused-ring (bicyclic) bond motifs is 2. The molecule has 0 N–H and O–H groups in total. The predicted molar refractivity (Wildman–Crippen MR) is 69.6 cm³/mol. The van der Waals surface area contributed by atoms with Crippen molar-refractivity contribution in [3.8, 4) is 0 Å². The van der Waals surface area contributed by atoms with Crippen molar-refractivity contribution in [2.75, 3.05) is 4.90 Å². The molecular weight excluding hydrogens is 294 g/mol. The molecule has 0 aliphatic carbocycles. The predicted octanol–water partition coefficient (Wildman–Crippen LogP) is 4.58. The van der Waals surface area contributed by atoms with Gasteiger partial charge in [-0.1, -0.05) is 0 Å². The fourth-order valence-electron chi connectivity index (χ4n) is 3.40. The van der Waals surface area contributed by atoms with Crippen molar-refractivity contribution in [1.82, 2.24) is 0 Å². The highest BCUT2D eigenvalue weighted by atomic mass is 35.5. The molecular formula is C14H14ClF4N. The number of hydrogen-bond donors (Lipinski definition) is 0. The minimum atomic E-state index is -4.51. The summed E-state index contributed by atoms with van der Waals surface area (Å²) in [6.45, 7) is 0. The third-order valence-electron chi connectivity index (χ3n) is 4.23. The van der Waals surface area contributed by atoms with E-state index in [-0.39, 0.29) is 23.1 Å². The van der Waals surface area contributed by atoms with Gasteiger partial charge in [0, 0.05) is 17.5 Å². The smallest absolute Gasteiger partial charge is 0.363 e. The van der Waals surface area contributed by atoms with Crippen LogP contribution in [0, 0.1) is 5.82 Å². The fraction of sp³-hybridized carbons (Fsp3) is 0.571. The quantitative estimate of drug-likeness (QED) is 0.542. The van der Waals surface area contributed by atoms with E-state index < -0.39 is 17.6 Å². The zero-order chi connectivity index (χ0) is 14.5. The van der Waals surface area contributed by atoms with Crippen LogP contribution in [0.3, 0.4) is 0 Å². The SMILES string of the molecule is Fc1cc(C(F)(F)F)ccc1N1C2CCC1CC(Cl)C2. The monoisotopic (exact) mass is 307 g/mol. The molecule has 2 atom stereocenters. The summed E-state index contributed by atoms with van der Waals surface area (Å²) in [7, 11) is 0. The number of benzene rings is 1. The second-order valence-electron chi connectivity index (χ2n) is 5.52. The molecule has 2 bridgehead atoms. The molecule has 1 nitrogen and oxygen atoms in total. The summed E-state index contributed by atoms with van der Waals surface area (Å²) in [5, 5.41) is 0.0845. The van der Waals surface area contributed by atoms with Crippen LogP contribution in [-0.4, -0.2) is 17.5 Å². The molecule has 20 heavy (non-hydrogen) atoms. The lowest BCUT2D eigenvalue weighted by atomic mass is 10.0. The second-order valence-corrected chi connectivity index (χ2v) is 6.14. The molecule has 2 fully saturated rings. The van der Waals surface area contributed by atoms with Crippen molar-refractivity contribution >= 4 is 17.3 Å². The van der Waals surface area contributed by atoms with E-state index in [1.165, 1.54) is 6.07 Å². The number of halogens is 5. The lowest BCUT2D eigenvalue weighted by molar-refractivity contribution is -0.137. The van der Waals surface area contributed by atoms with Gasteiger partial charge in [-0.05, 0) is 43.9 Å². The van der Waals surface area contributed by atoms with Crippen molar-refractivity contribution in [2.24, 2.45) is 0 Å². The Balaban J connectivity index is 1.92. The number of rotatable bonds is 1. The summed E-state index contributed by atoms with van der Waals surface area (Å²) in [6, 6.07) is 3.06. The number of hydrogen-bond acceptors (Lipinski definition) is 1. The Morgan fingerprint density at radius 3 is 2.20 bits per heavy atom. The third kappa shape index (κ3) is 2.36. The molecule has 110 valence electrons. The minimum absolute atomic E-state index is 0.0845. The Morgan fingerprint density at radius 1 is 1.10 bits per heavy atom. The lowest BCUT2D eigenvalue weighted by Crippen LogP contribution is -2.43. The number of nitrogens with zero attached hydrogens (tertiary/aromatic N) is 1. The first-order valence-corrected chi connectivity index (χ1v) is 7.09. The molecule has 6 heteroatoms. The summed E-state index contributed by atoms with van der Waals surface area (Å²) in [5.74, 6) is -0.801. The first-order chi connectivity index (χ1) is 9.36. The average molecular weight is 308 g/mol. The van der Waals surface area contributed by atoms with Crippen molar-refractivity contribution < 1.29 is 17.6 Å². The van der Waals surface area contributed by atoms with Gasteiger partial charge in [0.15, 0.2) is 0 Å². The van der Waals surface area contributed by atoms with E-state index in [0.29, 0.717) is 6.07 Å². The molecule has 2 aliphatic rings. The highest BCUT2D eigenvalue weighted by Gasteiger charge is 2.41. The van der Waals surface area contributed by atoms with Crippen LogP contribution in [0.4, 0.5) is 23.2 Å². The number of anilines is 1. The van der Waals surface area contributed by atoms with E-state index in [1.54, 1.807) is 0 Å². The largest absolute Gasteiger partial charge is 0.416 e. The molecule has 2 saturated heterocycles. The summed E-state index contributed by atoms with van der Waals surface area (Å²) in [5.41, 5.74) is -0.674. The molecule has 2 heterocycles. The van der Waals surface area contributed by atoms with Gasteiger partial charge in [0.05, 0.1) is 11.3 Å². The Labute approximate surface area is 119 Å². The summed E-state index contributed by atoms with van der Waals surface area (Å²) >= 11 is 6.15. The topological polar surface area (TPSA) is 3.24 Å². The van der Waals surface area contributed by atoms with Crippen LogP contribution < -0.4 is 4.90 Å². The zero-order valence-electron chi connectivity index (χ0n) is 10.6. The van der Waals surface area contributed by atoms with E-state index in [0.717, 1.165) is 31.7 Å². The molecule has 1 aromatic rings. The van der Waals surface area contributed by atoms with E-state index in [4.69, 9.17) is 11.6 Å². The number of alkyl halides is 4. The molecule has 1 aromatic carbocycles. The average Bonchev–Trinajstić information content (AvgIpc) is 2.61. The standard InChI is InChI=1S/C14H14ClF4N/c15-9-6-10-2-3-11(7-9)20(10)13-4-1-8(5-12(13)16)14(17,18)19/h1,4-5,9-11H,2-3,6-7H2. The molecule has 0 amide bonds. The third-order valence-corrected chi connectivity index (χ3v) is 4.59. The Kier molecular flexibility index (Phi) is 3.35. The van der Waals surface area contributed by atoms with Crippen LogP contribution in [-0.2, 0) is 6.18 Å². The Hall–Kier alpha value is -0.970. The van der Waals surface area contributed by atoms with Crippen molar-refractivity contribution in [3.63, 3.8) is 0 Å². The molecule has 0 spiro atoms. The number of piperidine rings is 1. The van der Waals surface area contributed by atoms with Crippen LogP contribution in [0.25, 0.3) is 0 Å². The first-order valence-electron chi connectivity index (χ1n) is 6.65. The maximum Gasteiger partial charge on any atom is 0.416 e. The molecule has 0 radical (unpaired) electrons. The molecule has 0 aromatic heterocycles. The first kappa shape index (κ1) is 14.0. The van der Waals surface area contributed by atoms with Gasteiger partial charge >= 0.3 is 6.18 Å². The van der Waals surface area contributed by atoms with Crippen molar-refractivity contribution in [3.05, 3.63) is 29.6 Å². The van der Waals surface area contributed by atoms with E-state index >= 15 is 0 Å². The Morgan fingerprint density at radius 2 is 1.70 bits per heavy atom. The Bertz CT molecular complexity index is 502. The van der Waals surface area contributed by atoms with Crippen LogP contribution in [0.15, 0.2) is 18.2 Å². The van der Waals surface area contributed by atoms with Crippen molar-refractivity contribution in [2.45, 2.75) is 49.3 Å². The summed E-state index contributed by atoms with van der Waals surface area (Å²) in [6.07, 6.45) is -1.14. The van der Waals surface area contributed by atoms with Gasteiger partial charge in [0.1, 0.15) is 5.82 Å². The van der Waals surface area contributed by atoms with Crippen molar-refractivity contribution in [1.29, 1.82) is 0 Å². The molecule has 3 rings (SSSR count). The van der Waals surface area contributed by atoms with Gasteiger partial charge in [0.25, 0.3) is 0 Å². The highest BCUT2D eigenvalue weighted by Crippen LogP contribution is 2.42. The zero-order valence-corrected chi connectivity index (χ0v) is 11.4. The van der Waals surface area contributed by atoms with Gasteiger partial charge < -0.3 is 4.90 Å². The fourth-order valence-corrected chi connectivity index (χ4v) is 3.81. The molecule has 0 saturated carbocycles. The minimum Gasteiger partial charge on any atom is -0.363 e. The maximum absolute atomic E-state index is 14.1. The maximum atomic E-state index is 14.1. The highest BCUT2D eigenvalue weighted by molar-refractivity contribution is 6.20. The van der Waals surface area contributed by atoms with Gasteiger partial charge in [-0.3, -0.25) is 0 Å². The van der Waals surface area contributed by atoms with Gasteiger partial charge in [-0.25, -0.2) is 4.39 Å². The van der Waals surface area contributed by atoms with E-state index in [9.17, 15) is 17.6 Å². The van der Waals surface area contributed by atoms with E-state index in [2.05, 4.69) is 0 Å². The normalized spacial score (nSPS) is 29.9. The second kappa shape index (κ2) is 4.79. The summed E-state index contributed by atoms with van der Waals surface area (Å²) in [4.78, 5) is 1.92. The van der Waals surface area contributed by atoms with Crippen LogP contribution in [0.5, 0.6) is 0 Å². The molecule has 2 unspecified atom stereocenters. The van der Waals surface area contributed by atoms with Crippen LogP contribution >= 0.6 is 11.6 Å². The summed E-state index contributed by atoms with van der Waals surface area (Å²) < 4.78 is 51.7.